The minimum absolute atomic E-state index is 0.121. The van der Waals surface area contributed by atoms with E-state index in [9.17, 15) is 4.79 Å². The van der Waals surface area contributed by atoms with Gasteiger partial charge in [0.05, 0.1) is 18.2 Å². The molecule has 0 spiro atoms. The van der Waals surface area contributed by atoms with Crippen LogP contribution in [0.1, 0.15) is 31.9 Å². The minimum Gasteiger partial charge on any atom is -0.465 e. The van der Waals surface area contributed by atoms with Crippen molar-refractivity contribution >= 4 is 23.6 Å². The van der Waals surface area contributed by atoms with Crippen LogP contribution in [0.15, 0.2) is 47.5 Å². The van der Waals surface area contributed by atoms with Crippen molar-refractivity contribution in [1.29, 1.82) is 16.1 Å². The molecule has 0 fully saturated rings. The van der Waals surface area contributed by atoms with E-state index in [4.69, 9.17) is 20.8 Å². The van der Waals surface area contributed by atoms with Crippen LogP contribution in [0.2, 0.25) is 0 Å². The highest BCUT2D eigenvalue weighted by Gasteiger charge is 2.30. The van der Waals surface area contributed by atoms with Crippen LogP contribution >= 0.6 is 11.8 Å². The molecular formula is C19H20N4O2S. The first kappa shape index (κ1) is 19.5. The lowest BCUT2D eigenvalue weighted by Gasteiger charge is -2.22. The number of hydrogen-bond acceptors (Lipinski definition) is 6. The summed E-state index contributed by atoms with van der Waals surface area (Å²) < 4.78 is 5.75. The molecule has 0 bridgehead atoms. The van der Waals surface area contributed by atoms with Crippen molar-refractivity contribution in [2.45, 2.75) is 30.4 Å². The van der Waals surface area contributed by atoms with Crippen LogP contribution in [0.3, 0.4) is 0 Å². The van der Waals surface area contributed by atoms with Gasteiger partial charge in [-0.25, -0.2) is 0 Å². The molecule has 1 aromatic carbocycles. The summed E-state index contributed by atoms with van der Waals surface area (Å²) in [5.41, 5.74) is 1.25. The molecule has 26 heavy (non-hydrogen) atoms. The fourth-order valence-corrected chi connectivity index (χ4v) is 3.24. The average Bonchev–Trinajstić information content (AvgIpc) is 2.63. The van der Waals surface area contributed by atoms with Crippen LogP contribution in [0.4, 0.5) is 0 Å². The van der Waals surface area contributed by atoms with Crippen molar-refractivity contribution in [2.24, 2.45) is 0 Å². The third-order valence-corrected chi connectivity index (χ3v) is 4.74. The van der Waals surface area contributed by atoms with E-state index < -0.39 is 4.75 Å². The van der Waals surface area contributed by atoms with Gasteiger partial charge < -0.3 is 4.74 Å². The van der Waals surface area contributed by atoms with Crippen LogP contribution in [0.5, 0.6) is 0 Å². The van der Waals surface area contributed by atoms with Gasteiger partial charge in [-0.05, 0) is 57.2 Å². The molecule has 1 aromatic heterocycles. The standard InChI is InChI=1S/C19H20N4O2S/c1-4-25-18(24)19(2,3)26-15-9-10-16(21)23(12-15)17(22)14-7-5-13(11-20)6-8-14/h5-10,12,21-22H,4H2,1-3H3. The molecular weight excluding hydrogens is 348 g/mol. The number of pyridine rings is 1. The van der Waals surface area contributed by atoms with Crippen molar-refractivity contribution in [3.05, 3.63) is 59.2 Å². The summed E-state index contributed by atoms with van der Waals surface area (Å²) in [6.45, 7) is 5.64. The van der Waals surface area contributed by atoms with Crippen molar-refractivity contribution in [2.75, 3.05) is 6.61 Å². The van der Waals surface area contributed by atoms with E-state index in [-0.39, 0.29) is 17.3 Å². The largest absolute Gasteiger partial charge is 0.465 e. The summed E-state index contributed by atoms with van der Waals surface area (Å²) >= 11 is 1.32. The predicted molar refractivity (Wildman–Crippen MR) is 100 cm³/mol. The Balaban J connectivity index is 2.32. The Morgan fingerprint density at radius 1 is 1.27 bits per heavy atom. The van der Waals surface area contributed by atoms with Gasteiger partial charge >= 0.3 is 5.97 Å². The number of benzene rings is 1. The maximum atomic E-state index is 12.1. The minimum atomic E-state index is -0.784. The van der Waals surface area contributed by atoms with Crippen LogP contribution in [0, 0.1) is 22.1 Å². The van der Waals surface area contributed by atoms with E-state index >= 15 is 0 Å². The fourth-order valence-electron chi connectivity index (χ4n) is 2.21. The van der Waals surface area contributed by atoms with Gasteiger partial charge in [0.25, 0.3) is 0 Å². The Morgan fingerprint density at radius 3 is 2.50 bits per heavy atom. The topological polar surface area (TPSA) is 103 Å². The molecule has 134 valence electrons. The zero-order valence-electron chi connectivity index (χ0n) is 14.9. The second-order valence-electron chi connectivity index (χ2n) is 5.99. The zero-order valence-corrected chi connectivity index (χ0v) is 15.7. The van der Waals surface area contributed by atoms with E-state index in [0.717, 1.165) is 4.90 Å². The van der Waals surface area contributed by atoms with Gasteiger partial charge in [-0.1, -0.05) is 0 Å². The first-order valence-electron chi connectivity index (χ1n) is 8.01. The van der Waals surface area contributed by atoms with E-state index in [2.05, 4.69) is 0 Å². The van der Waals surface area contributed by atoms with E-state index in [1.54, 1.807) is 63.4 Å². The molecule has 2 N–H and O–H groups in total. The van der Waals surface area contributed by atoms with Gasteiger partial charge in [-0.15, -0.1) is 11.8 Å². The second-order valence-corrected chi connectivity index (χ2v) is 7.69. The summed E-state index contributed by atoms with van der Waals surface area (Å²) in [4.78, 5) is 12.8. The molecule has 2 aromatic rings. The van der Waals surface area contributed by atoms with E-state index in [0.29, 0.717) is 17.7 Å². The lowest BCUT2D eigenvalue weighted by Crippen LogP contribution is -2.31. The number of aromatic nitrogens is 1. The number of nitrogens with one attached hydrogen (secondary N) is 2. The molecule has 6 nitrogen and oxygen atoms in total. The van der Waals surface area contributed by atoms with Crippen molar-refractivity contribution in [3.8, 4) is 6.07 Å². The molecule has 0 aliphatic heterocycles. The molecule has 0 atom stereocenters. The highest BCUT2D eigenvalue weighted by atomic mass is 32.2. The number of esters is 1. The molecule has 0 saturated heterocycles. The molecule has 7 heteroatoms. The van der Waals surface area contributed by atoms with Gasteiger partial charge in [0, 0.05) is 16.7 Å². The summed E-state index contributed by atoms with van der Waals surface area (Å²) in [5.74, 6) is -0.190. The van der Waals surface area contributed by atoms with Crippen molar-refractivity contribution < 1.29 is 9.53 Å². The molecule has 0 unspecified atom stereocenters. The first-order chi connectivity index (χ1) is 12.3. The Labute approximate surface area is 156 Å². The number of nitrogens with zero attached hydrogens (tertiary/aromatic N) is 2. The van der Waals surface area contributed by atoms with E-state index in [1.165, 1.54) is 16.3 Å². The number of thioether (sulfide) groups is 1. The van der Waals surface area contributed by atoms with Crippen LogP contribution < -0.4 is 5.49 Å². The third-order valence-electron chi connectivity index (χ3n) is 3.59. The van der Waals surface area contributed by atoms with Crippen molar-refractivity contribution in [3.63, 3.8) is 0 Å². The second kappa shape index (κ2) is 8.02. The lowest BCUT2D eigenvalue weighted by molar-refractivity contribution is -0.145. The molecule has 2 rings (SSSR count). The van der Waals surface area contributed by atoms with Crippen molar-refractivity contribution in [1.82, 2.24) is 4.57 Å². The maximum absolute atomic E-state index is 12.1. The maximum Gasteiger partial charge on any atom is 0.321 e. The highest BCUT2D eigenvalue weighted by Crippen LogP contribution is 2.33. The predicted octanol–water partition coefficient (Wildman–Crippen LogP) is 3.15. The van der Waals surface area contributed by atoms with Gasteiger partial charge in [0.1, 0.15) is 16.1 Å². The normalized spacial score (nSPS) is 10.8. The summed E-state index contributed by atoms with van der Waals surface area (Å²) in [5, 5.41) is 25.3. The summed E-state index contributed by atoms with van der Waals surface area (Å²) in [7, 11) is 0. The molecule has 0 aliphatic rings. The van der Waals surface area contributed by atoms with Gasteiger partial charge in [0.15, 0.2) is 0 Å². The Kier molecular flexibility index (Phi) is 6.01. The number of ether oxygens (including phenoxy) is 1. The van der Waals surface area contributed by atoms with E-state index in [1.807, 2.05) is 6.07 Å². The Hall–Kier alpha value is -2.85. The van der Waals surface area contributed by atoms with Gasteiger partial charge in [-0.2, -0.15) is 5.26 Å². The number of nitriles is 1. The number of hydrogen-bond donors (Lipinski definition) is 2. The lowest BCUT2D eigenvalue weighted by atomic mass is 10.1. The molecule has 0 radical (unpaired) electrons. The zero-order chi connectivity index (χ0) is 19.3. The molecule has 0 saturated carbocycles. The van der Waals surface area contributed by atoms with Gasteiger partial charge in [0.2, 0.25) is 0 Å². The van der Waals surface area contributed by atoms with Crippen LogP contribution in [0.25, 0.3) is 0 Å². The summed E-state index contributed by atoms with van der Waals surface area (Å²) in [6.07, 6.45) is 1.66. The Bertz CT molecular complexity index is 924. The SMILES string of the molecule is CCOC(=O)C(C)(C)Sc1ccc(=N)n(C(=N)c2ccc(C#N)cc2)c1. The van der Waals surface area contributed by atoms with Gasteiger partial charge in [-0.3, -0.25) is 20.2 Å². The highest BCUT2D eigenvalue weighted by molar-refractivity contribution is 8.01. The van der Waals surface area contributed by atoms with Crippen LogP contribution in [-0.2, 0) is 9.53 Å². The molecule has 0 amide bonds. The average molecular weight is 368 g/mol. The quantitative estimate of drug-likeness (QED) is 0.366. The Morgan fingerprint density at radius 2 is 1.92 bits per heavy atom. The fraction of sp³-hybridized carbons (Fsp3) is 0.263. The number of rotatable bonds is 5. The number of carbonyl (C=O) groups excluding carboxylic acids is 1. The summed E-state index contributed by atoms with van der Waals surface area (Å²) in [6, 6.07) is 12.0. The number of carbonyl (C=O) groups is 1. The third kappa shape index (κ3) is 4.41. The smallest absolute Gasteiger partial charge is 0.321 e. The monoisotopic (exact) mass is 368 g/mol. The first-order valence-corrected chi connectivity index (χ1v) is 8.83. The molecule has 1 heterocycles. The van der Waals surface area contributed by atoms with Crippen LogP contribution in [-0.4, -0.2) is 27.7 Å². The molecule has 0 aliphatic carbocycles.